The van der Waals surface area contributed by atoms with Crippen molar-refractivity contribution >= 4 is 39.8 Å². The Labute approximate surface area is 240 Å². The number of ether oxygens (including phenoxy) is 1. The molecule has 3 aromatic carbocycles. The van der Waals surface area contributed by atoms with E-state index in [1.54, 1.807) is 20.8 Å². The number of benzene rings is 3. The minimum Gasteiger partial charge on any atom is -0.444 e. The summed E-state index contributed by atoms with van der Waals surface area (Å²) in [4.78, 5) is 39.9. The molecule has 0 spiro atoms. The van der Waals surface area contributed by atoms with Gasteiger partial charge in [-0.2, -0.15) is 0 Å². The zero-order valence-electron chi connectivity index (χ0n) is 22.3. The van der Waals surface area contributed by atoms with E-state index in [0.717, 1.165) is 34.7 Å². The van der Waals surface area contributed by atoms with Crippen LogP contribution in [-0.2, 0) is 32.3 Å². The number of hydrogen-bond donors (Lipinski definition) is 1. The maximum Gasteiger partial charge on any atom is 0.407 e. The molecule has 0 aliphatic rings. The van der Waals surface area contributed by atoms with E-state index < -0.39 is 57.8 Å². The number of carbonyl (C=O) groups excluding carboxylic acids is 3. The lowest BCUT2D eigenvalue weighted by Gasteiger charge is -2.28. The van der Waals surface area contributed by atoms with Gasteiger partial charge in [0.1, 0.15) is 17.3 Å². The van der Waals surface area contributed by atoms with Gasteiger partial charge in [-0.1, -0.05) is 84.2 Å². The minimum absolute atomic E-state index is 0.255. The number of thioether (sulfide) groups is 2. The van der Waals surface area contributed by atoms with E-state index in [1.165, 1.54) is 0 Å². The number of amides is 1. The van der Waals surface area contributed by atoms with Crippen LogP contribution in [0.4, 0.5) is 18.0 Å². The zero-order valence-corrected chi connectivity index (χ0v) is 23.9. The van der Waals surface area contributed by atoms with Crippen LogP contribution in [0.2, 0.25) is 0 Å². The highest BCUT2D eigenvalue weighted by Gasteiger charge is 2.38. The summed E-state index contributed by atoms with van der Waals surface area (Å²) in [6.07, 6.45) is -1.39. The predicted molar refractivity (Wildman–Crippen MR) is 152 cm³/mol. The second kappa shape index (κ2) is 14.4. The Hall–Kier alpha value is -3.24. The third-order valence-corrected chi connectivity index (χ3v) is 7.62. The summed E-state index contributed by atoms with van der Waals surface area (Å²) in [5.74, 6) is -4.67. The molecule has 0 unspecified atom stereocenters. The lowest BCUT2D eigenvalue weighted by molar-refractivity contribution is -0.124. The fourth-order valence-electron chi connectivity index (χ4n) is 3.73. The van der Waals surface area contributed by atoms with Crippen molar-refractivity contribution in [3.63, 3.8) is 0 Å². The highest BCUT2D eigenvalue weighted by Crippen LogP contribution is 2.29. The van der Waals surface area contributed by atoms with Crippen molar-refractivity contribution in [2.45, 2.75) is 50.3 Å². The normalized spacial score (nSPS) is 12.2. The van der Waals surface area contributed by atoms with E-state index in [9.17, 15) is 27.6 Å². The highest BCUT2D eigenvalue weighted by atomic mass is 32.2. The number of rotatable bonds is 10. The van der Waals surface area contributed by atoms with Gasteiger partial charge in [0.2, 0.25) is 10.2 Å². The summed E-state index contributed by atoms with van der Waals surface area (Å²) in [7, 11) is 0. The molecule has 3 rings (SSSR count). The van der Waals surface area contributed by atoms with Gasteiger partial charge in [-0.15, -0.1) is 0 Å². The summed E-state index contributed by atoms with van der Waals surface area (Å²) < 4.78 is 47.7. The number of hydrogen-bond acceptors (Lipinski definition) is 6. The van der Waals surface area contributed by atoms with E-state index in [2.05, 4.69) is 5.32 Å². The molecule has 3 aromatic rings. The van der Waals surface area contributed by atoms with Crippen molar-refractivity contribution in [3.05, 3.63) is 107 Å². The molecule has 40 heavy (non-hydrogen) atoms. The third-order valence-electron chi connectivity index (χ3n) is 5.59. The molecule has 1 N–H and O–H groups in total. The topological polar surface area (TPSA) is 72.5 Å². The van der Waals surface area contributed by atoms with Crippen LogP contribution in [0.25, 0.3) is 0 Å². The molecule has 10 heteroatoms. The van der Waals surface area contributed by atoms with Gasteiger partial charge >= 0.3 is 6.09 Å². The summed E-state index contributed by atoms with van der Waals surface area (Å²) >= 11 is 1.77. The molecule has 0 aliphatic carbocycles. The Balaban J connectivity index is 1.95. The standard InChI is InChI=1S/C30H30F3NO4S2/c1-30(2,3)38-29(37)34-25(15-21-14-23(32)24(33)16-22(21)31)26(27(35)39-17-19-10-6-4-7-11-19)28(36)40-18-20-12-8-5-9-13-20/h4-14,16,25-26H,15,17-18H2,1-3H3,(H,34,37)/t25-/m1/s1. The zero-order chi connectivity index (χ0) is 29.3. The van der Waals surface area contributed by atoms with Gasteiger partial charge < -0.3 is 10.1 Å². The summed E-state index contributed by atoms with van der Waals surface area (Å²) in [6, 6.07) is 18.0. The Morgan fingerprint density at radius 3 is 1.73 bits per heavy atom. The molecule has 0 bridgehead atoms. The average Bonchev–Trinajstić information content (AvgIpc) is 2.89. The van der Waals surface area contributed by atoms with Gasteiger partial charge in [-0.3, -0.25) is 9.59 Å². The van der Waals surface area contributed by atoms with Crippen molar-refractivity contribution < 1.29 is 32.3 Å². The van der Waals surface area contributed by atoms with Crippen LogP contribution < -0.4 is 5.32 Å². The Morgan fingerprint density at radius 1 is 0.775 bits per heavy atom. The van der Waals surface area contributed by atoms with Crippen LogP contribution in [0, 0.1) is 23.4 Å². The molecule has 0 radical (unpaired) electrons. The fourth-order valence-corrected chi connectivity index (χ4v) is 5.71. The third kappa shape index (κ3) is 9.75. The van der Waals surface area contributed by atoms with Crippen LogP contribution >= 0.6 is 23.5 Å². The van der Waals surface area contributed by atoms with Crippen molar-refractivity contribution in [1.82, 2.24) is 5.32 Å². The molecule has 0 saturated heterocycles. The lowest BCUT2D eigenvalue weighted by Crippen LogP contribution is -2.48. The molecule has 1 amide bonds. The Morgan fingerprint density at radius 2 is 1.25 bits per heavy atom. The highest BCUT2D eigenvalue weighted by molar-refractivity contribution is 8.15. The van der Waals surface area contributed by atoms with E-state index >= 15 is 0 Å². The Kier molecular flexibility index (Phi) is 11.3. The van der Waals surface area contributed by atoms with Gasteiger partial charge in [0.25, 0.3) is 0 Å². The summed E-state index contributed by atoms with van der Waals surface area (Å²) in [5.41, 5.74) is 0.474. The van der Waals surface area contributed by atoms with Crippen LogP contribution in [0.3, 0.4) is 0 Å². The molecule has 0 fully saturated rings. The number of carbonyl (C=O) groups is 3. The van der Waals surface area contributed by atoms with Crippen molar-refractivity contribution in [3.8, 4) is 0 Å². The first kappa shape index (κ1) is 31.3. The average molecular weight is 590 g/mol. The molecule has 212 valence electrons. The smallest absolute Gasteiger partial charge is 0.407 e. The first-order valence-corrected chi connectivity index (χ1v) is 14.4. The Bertz CT molecular complexity index is 1260. The number of halogens is 3. The first-order chi connectivity index (χ1) is 18.9. The van der Waals surface area contributed by atoms with Crippen molar-refractivity contribution in [2.24, 2.45) is 5.92 Å². The summed E-state index contributed by atoms with van der Waals surface area (Å²) in [5, 5.41) is 1.42. The minimum atomic E-state index is -1.44. The van der Waals surface area contributed by atoms with Gasteiger partial charge in [0.15, 0.2) is 11.6 Å². The lowest BCUT2D eigenvalue weighted by atomic mass is 9.94. The molecule has 5 nitrogen and oxygen atoms in total. The molecular weight excluding hydrogens is 559 g/mol. The van der Waals surface area contributed by atoms with Gasteiger partial charge in [0.05, 0.1) is 6.04 Å². The molecule has 0 aromatic heterocycles. The van der Waals surface area contributed by atoms with Crippen LogP contribution in [0.15, 0.2) is 72.8 Å². The van der Waals surface area contributed by atoms with Crippen LogP contribution in [-0.4, -0.2) is 28.0 Å². The molecular formula is C30H30F3NO4S2. The molecule has 0 aliphatic heterocycles. The van der Waals surface area contributed by atoms with E-state index in [-0.39, 0.29) is 17.1 Å². The summed E-state index contributed by atoms with van der Waals surface area (Å²) in [6.45, 7) is 4.90. The quantitative estimate of drug-likeness (QED) is 0.201. The second-order valence-electron chi connectivity index (χ2n) is 9.98. The molecule has 1 atom stereocenters. The first-order valence-electron chi connectivity index (χ1n) is 12.5. The van der Waals surface area contributed by atoms with Crippen LogP contribution in [0.5, 0.6) is 0 Å². The maximum absolute atomic E-state index is 14.7. The molecule has 0 saturated carbocycles. The number of nitrogens with one attached hydrogen (secondary N) is 1. The van der Waals surface area contributed by atoms with Gasteiger partial charge in [-0.25, -0.2) is 18.0 Å². The van der Waals surface area contributed by atoms with Crippen molar-refractivity contribution in [1.29, 1.82) is 0 Å². The van der Waals surface area contributed by atoms with E-state index in [0.29, 0.717) is 12.1 Å². The second-order valence-corrected chi connectivity index (χ2v) is 11.9. The van der Waals surface area contributed by atoms with E-state index in [4.69, 9.17) is 4.74 Å². The van der Waals surface area contributed by atoms with Gasteiger partial charge in [0, 0.05) is 17.6 Å². The van der Waals surface area contributed by atoms with Crippen molar-refractivity contribution in [2.75, 3.05) is 0 Å². The predicted octanol–water partition coefficient (Wildman–Crippen LogP) is 7.08. The largest absolute Gasteiger partial charge is 0.444 e. The number of alkyl carbamates (subject to hydrolysis) is 1. The fraction of sp³-hybridized carbons (Fsp3) is 0.300. The van der Waals surface area contributed by atoms with E-state index in [1.807, 2.05) is 60.7 Å². The molecule has 0 heterocycles. The SMILES string of the molecule is CC(C)(C)OC(=O)N[C@H](Cc1cc(F)c(F)cc1F)C(C(=O)SCc1ccccc1)C(=O)SCc1ccccc1. The van der Waals surface area contributed by atoms with Crippen LogP contribution in [0.1, 0.15) is 37.5 Å². The van der Waals surface area contributed by atoms with Gasteiger partial charge in [-0.05, 0) is 49.9 Å². The monoisotopic (exact) mass is 589 g/mol. The maximum atomic E-state index is 14.7.